The van der Waals surface area contributed by atoms with E-state index < -0.39 is 0 Å². The lowest BCUT2D eigenvalue weighted by molar-refractivity contribution is -0.146. The quantitative estimate of drug-likeness (QED) is 0.496. The number of allylic oxidation sites excluding steroid dienone is 4. The van der Waals surface area contributed by atoms with E-state index in [9.17, 15) is 4.79 Å². The van der Waals surface area contributed by atoms with E-state index in [0.717, 1.165) is 5.57 Å². The Morgan fingerprint density at radius 2 is 2.14 bits per heavy atom. The first-order valence-corrected chi connectivity index (χ1v) is 4.74. The zero-order valence-electron chi connectivity index (χ0n) is 9.12. The molecule has 0 aliphatic carbocycles. The van der Waals surface area contributed by atoms with E-state index in [1.807, 2.05) is 39.0 Å². The summed E-state index contributed by atoms with van der Waals surface area (Å²) in [5, 5.41) is 0. The van der Waals surface area contributed by atoms with Crippen molar-refractivity contribution in [3.05, 3.63) is 36.5 Å². The normalized spacial score (nSPS) is 12.1. The van der Waals surface area contributed by atoms with Gasteiger partial charge < -0.3 is 4.74 Å². The number of esters is 1. The summed E-state index contributed by atoms with van der Waals surface area (Å²) in [5.41, 5.74) is 0.910. The molecule has 14 heavy (non-hydrogen) atoms. The fourth-order valence-electron chi connectivity index (χ4n) is 1.01. The van der Waals surface area contributed by atoms with Gasteiger partial charge in [-0.3, -0.25) is 4.79 Å². The van der Waals surface area contributed by atoms with Crippen molar-refractivity contribution in [2.45, 2.75) is 33.3 Å². The molecule has 0 N–H and O–H groups in total. The van der Waals surface area contributed by atoms with Gasteiger partial charge >= 0.3 is 5.97 Å². The van der Waals surface area contributed by atoms with Gasteiger partial charge in [0.05, 0.1) is 12.5 Å². The minimum Gasteiger partial charge on any atom is -0.463 e. The first-order chi connectivity index (χ1) is 6.60. The van der Waals surface area contributed by atoms with Crippen LogP contribution in [0.25, 0.3) is 0 Å². The Morgan fingerprint density at radius 1 is 1.50 bits per heavy atom. The van der Waals surface area contributed by atoms with Crippen LogP contribution in [-0.4, -0.2) is 12.1 Å². The molecule has 2 nitrogen and oxygen atoms in total. The molecular formula is C12H18O2. The summed E-state index contributed by atoms with van der Waals surface area (Å²) < 4.78 is 5.03. The summed E-state index contributed by atoms with van der Waals surface area (Å²) in [6, 6.07) is 0. The van der Waals surface area contributed by atoms with E-state index >= 15 is 0 Å². The molecule has 0 saturated carbocycles. The van der Waals surface area contributed by atoms with Crippen LogP contribution in [0.1, 0.15) is 27.2 Å². The van der Waals surface area contributed by atoms with Crippen LogP contribution in [0.3, 0.4) is 0 Å². The molecular weight excluding hydrogens is 176 g/mol. The third kappa shape index (κ3) is 6.23. The van der Waals surface area contributed by atoms with Gasteiger partial charge in [-0.2, -0.15) is 0 Å². The molecule has 78 valence electrons. The highest BCUT2D eigenvalue weighted by Crippen LogP contribution is 2.06. The average Bonchev–Trinajstić information content (AvgIpc) is 2.03. The summed E-state index contributed by atoms with van der Waals surface area (Å²) >= 11 is 0. The first kappa shape index (κ1) is 12.7. The SMILES string of the molecule is C=C/C=C(\C=C/C)CC(=O)OC(C)C. The second kappa shape index (κ2) is 7.13. The van der Waals surface area contributed by atoms with Gasteiger partial charge in [-0.05, 0) is 26.3 Å². The van der Waals surface area contributed by atoms with E-state index in [0.29, 0.717) is 6.42 Å². The van der Waals surface area contributed by atoms with Gasteiger partial charge in [-0.15, -0.1) is 0 Å². The van der Waals surface area contributed by atoms with Crippen LogP contribution in [0, 0.1) is 0 Å². The Balaban J connectivity index is 4.24. The summed E-state index contributed by atoms with van der Waals surface area (Å²) in [6.45, 7) is 9.17. The molecule has 0 aliphatic heterocycles. The molecule has 0 aromatic heterocycles. The fourth-order valence-corrected chi connectivity index (χ4v) is 1.01. The maximum Gasteiger partial charge on any atom is 0.310 e. The van der Waals surface area contributed by atoms with Gasteiger partial charge in [0.2, 0.25) is 0 Å². The monoisotopic (exact) mass is 194 g/mol. The molecule has 0 atom stereocenters. The molecule has 0 rings (SSSR count). The lowest BCUT2D eigenvalue weighted by atomic mass is 10.1. The third-order valence-corrected chi connectivity index (χ3v) is 1.43. The van der Waals surface area contributed by atoms with Crippen molar-refractivity contribution in [3.8, 4) is 0 Å². The zero-order chi connectivity index (χ0) is 11.0. The summed E-state index contributed by atoms with van der Waals surface area (Å²) in [6.07, 6.45) is 7.48. The van der Waals surface area contributed by atoms with Crippen molar-refractivity contribution < 1.29 is 9.53 Å². The molecule has 0 spiro atoms. The maximum absolute atomic E-state index is 11.3. The van der Waals surface area contributed by atoms with Crippen molar-refractivity contribution in [1.82, 2.24) is 0 Å². The third-order valence-electron chi connectivity index (χ3n) is 1.43. The molecule has 2 heteroatoms. The van der Waals surface area contributed by atoms with Crippen LogP contribution in [0.15, 0.2) is 36.5 Å². The Bertz CT molecular complexity index is 247. The van der Waals surface area contributed by atoms with E-state index in [2.05, 4.69) is 6.58 Å². The van der Waals surface area contributed by atoms with Crippen LogP contribution < -0.4 is 0 Å². The standard InChI is InChI=1S/C12H18O2/c1-5-7-11(8-6-2)9-12(13)14-10(3)4/h5-8,10H,1,9H2,2-4H3/b8-6-,11-7+. The summed E-state index contributed by atoms with van der Waals surface area (Å²) in [4.78, 5) is 11.3. The lowest BCUT2D eigenvalue weighted by Crippen LogP contribution is -2.11. The maximum atomic E-state index is 11.3. The molecule has 0 aromatic rings. The summed E-state index contributed by atoms with van der Waals surface area (Å²) in [5.74, 6) is -0.203. The van der Waals surface area contributed by atoms with Crippen molar-refractivity contribution in [2.24, 2.45) is 0 Å². The van der Waals surface area contributed by atoms with Crippen molar-refractivity contribution in [3.63, 3.8) is 0 Å². The largest absolute Gasteiger partial charge is 0.463 e. The first-order valence-electron chi connectivity index (χ1n) is 4.74. The van der Waals surface area contributed by atoms with Crippen LogP contribution in [0.2, 0.25) is 0 Å². The Kier molecular flexibility index (Phi) is 6.46. The molecule has 0 aliphatic rings. The van der Waals surface area contributed by atoms with Gasteiger partial charge in [-0.25, -0.2) is 0 Å². The minimum atomic E-state index is -0.203. The highest BCUT2D eigenvalue weighted by Gasteiger charge is 2.06. The van der Waals surface area contributed by atoms with Crippen molar-refractivity contribution >= 4 is 5.97 Å². The van der Waals surface area contributed by atoms with Gasteiger partial charge in [0.25, 0.3) is 0 Å². The van der Waals surface area contributed by atoms with E-state index in [1.165, 1.54) is 0 Å². The van der Waals surface area contributed by atoms with Gasteiger partial charge in [0.1, 0.15) is 0 Å². The molecule has 0 unspecified atom stereocenters. The number of hydrogen-bond donors (Lipinski definition) is 0. The predicted octanol–water partition coefficient (Wildman–Crippen LogP) is 3.02. The Labute approximate surface area is 86.0 Å². The molecule has 0 heterocycles. The molecule has 0 saturated heterocycles. The second-order valence-electron chi connectivity index (χ2n) is 3.19. The number of carbonyl (C=O) groups excluding carboxylic acids is 1. The number of ether oxygens (including phenoxy) is 1. The molecule has 0 aromatic carbocycles. The Hall–Kier alpha value is -1.31. The zero-order valence-corrected chi connectivity index (χ0v) is 9.12. The van der Waals surface area contributed by atoms with Crippen molar-refractivity contribution in [1.29, 1.82) is 0 Å². The van der Waals surface area contributed by atoms with E-state index in [4.69, 9.17) is 4.74 Å². The van der Waals surface area contributed by atoms with Crippen LogP contribution in [-0.2, 0) is 9.53 Å². The van der Waals surface area contributed by atoms with Gasteiger partial charge in [-0.1, -0.05) is 30.9 Å². The lowest BCUT2D eigenvalue weighted by Gasteiger charge is -2.07. The highest BCUT2D eigenvalue weighted by molar-refractivity contribution is 5.73. The van der Waals surface area contributed by atoms with Gasteiger partial charge in [0.15, 0.2) is 0 Å². The molecule has 0 radical (unpaired) electrons. The predicted molar refractivity (Wildman–Crippen MR) is 58.9 cm³/mol. The smallest absolute Gasteiger partial charge is 0.310 e. The van der Waals surface area contributed by atoms with E-state index in [1.54, 1.807) is 6.08 Å². The van der Waals surface area contributed by atoms with Crippen molar-refractivity contribution in [2.75, 3.05) is 0 Å². The molecule has 0 bridgehead atoms. The van der Waals surface area contributed by atoms with E-state index in [-0.39, 0.29) is 12.1 Å². The number of carbonyl (C=O) groups is 1. The highest BCUT2D eigenvalue weighted by atomic mass is 16.5. The van der Waals surface area contributed by atoms with Crippen LogP contribution in [0.4, 0.5) is 0 Å². The van der Waals surface area contributed by atoms with Crippen LogP contribution in [0.5, 0.6) is 0 Å². The minimum absolute atomic E-state index is 0.0573. The average molecular weight is 194 g/mol. The van der Waals surface area contributed by atoms with Gasteiger partial charge in [0, 0.05) is 0 Å². The second-order valence-corrected chi connectivity index (χ2v) is 3.19. The summed E-state index contributed by atoms with van der Waals surface area (Å²) in [7, 11) is 0. The van der Waals surface area contributed by atoms with Crippen LogP contribution >= 0.6 is 0 Å². The number of hydrogen-bond acceptors (Lipinski definition) is 2. The topological polar surface area (TPSA) is 26.3 Å². The molecule has 0 fully saturated rings. The number of rotatable bonds is 5. The fraction of sp³-hybridized carbons (Fsp3) is 0.417. The Morgan fingerprint density at radius 3 is 2.57 bits per heavy atom. The molecule has 0 amide bonds.